The first-order valence-corrected chi connectivity index (χ1v) is 9.99. The van der Waals surface area contributed by atoms with Crippen molar-refractivity contribution in [2.24, 2.45) is 17.6 Å². The van der Waals surface area contributed by atoms with E-state index in [9.17, 15) is 4.79 Å². The molecule has 3 aliphatic rings. The molecule has 132 valence electrons. The maximum Gasteiger partial charge on any atom is 0.274 e. The van der Waals surface area contributed by atoms with Crippen LogP contribution in [0.1, 0.15) is 69.0 Å². The van der Waals surface area contributed by atoms with E-state index in [-0.39, 0.29) is 5.56 Å². The van der Waals surface area contributed by atoms with Crippen molar-refractivity contribution in [3.63, 3.8) is 0 Å². The fourth-order valence-corrected chi connectivity index (χ4v) is 4.79. The van der Waals surface area contributed by atoms with Crippen molar-refractivity contribution >= 4 is 10.8 Å². The van der Waals surface area contributed by atoms with Gasteiger partial charge in [-0.1, -0.05) is 18.2 Å². The Morgan fingerprint density at radius 3 is 2.12 bits per heavy atom. The van der Waals surface area contributed by atoms with Gasteiger partial charge in [-0.05, 0) is 69.3 Å². The van der Waals surface area contributed by atoms with Crippen molar-refractivity contribution in [3.05, 3.63) is 40.3 Å². The summed E-state index contributed by atoms with van der Waals surface area (Å²) in [5.41, 5.74) is 7.38. The number of fused-ring (bicyclic) bond motifs is 1. The van der Waals surface area contributed by atoms with E-state index in [2.05, 4.69) is 6.07 Å². The summed E-state index contributed by atoms with van der Waals surface area (Å²) in [5, 5.41) is 6.95. The van der Waals surface area contributed by atoms with Gasteiger partial charge in [-0.2, -0.15) is 5.10 Å². The third-order valence-electron chi connectivity index (χ3n) is 6.51. The molecule has 0 saturated heterocycles. The fourth-order valence-electron chi connectivity index (χ4n) is 4.79. The van der Waals surface area contributed by atoms with Gasteiger partial charge in [0.25, 0.3) is 5.56 Å². The number of rotatable bonds is 4. The molecule has 4 nitrogen and oxygen atoms in total. The Morgan fingerprint density at radius 2 is 1.52 bits per heavy atom. The zero-order valence-electron chi connectivity index (χ0n) is 14.7. The van der Waals surface area contributed by atoms with E-state index in [1.165, 1.54) is 25.7 Å². The second-order valence-corrected chi connectivity index (χ2v) is 8.46. The van der Waals surface area contributed by atoms with Gasteiger partial charge >= 0.3 is 0 Å². The maximum atomic E-state index is 13.2. The van der Waals surface area contributed by atoms with E-state index >= 15 is 0 Å². The van der Waals surface area contributed by atoms with Crippen molar-refractivity contribution < 1.29 is 0 Å². The first-order valence-electron chi connectivity index (χ1n) is 9.99. The minimum atomic E-state index is 0.121. The second kappa shape index (κ2) is 5.94. The summed E-state index contributed by atoms with van der Waals surface area (Å²) in [6, 6.07) is 8.76. The molecule has 3 aliphatic carbocycles. The average molecular weight is 337 g/mol. The van der Waals surface area contributed by atoms with Crippen LogP contribution in [0.4, 0.5) is 0 Å². The van der Waals surface area contributed by atoms with Crippen molar-refractivity contribution in [1.82, 2.24) is 9.78 Å². The molecule has 0 spiro atoms. The number of hydrogen-bond donors (Lipinski definition) is 1. The lowest BCUT2D eigenvalue weighted by molar-refractivity contribution is 0.333. The molecule has 0 bridgehead atoms. The Hall–Kier alpha value is -1.68. The maximum absolute atomic E-state index is 13.2. The van der Waals surface area contributed by atoms with Crippen LogP contribution in [-0.4, -0.2) is 15.8 Å². The Labute approximate surface area is 148 Å². The standard InChI is InChI=1S/C21H27N3O/c22-16-11-9-13(10-12-16)19-17-3-1-2-4-18(17)21(25)24(23-19)20(14-5-6-14)15-7-8-15/h1-4,13-16,20H,5-12,22H2. The zero-order valence-corrected chi connectivity index (χ0v) is 14.7. The summed E-state index contributed by atoms with van der Waals surface area (Å²) in [7, 11) is 0. The van der Waals surface area contributed by atoms with Crippen molar-refractivity contribution in [2.75, 3.05) is 0 Å². The highest BCUT2D eigenvalue weighted by molar-refractivity contribution is 5.84. The largest absolute Gasteiger partial charge is 0.328 e. The van der Waals surface area contributed by atoms with Crippen LogP contribution in [0.25, 0.3) is 10.8 Å². The molecular weight excluding hydrogens is 310 g/mol. The molecule has 3 fully saturated rings. The van der Waals surface area contributed by atoms with Gasteiger partial charge in [-0.3, -0.25) is 4.79 Å². The minimum Gasteiger partial charge on any atom is -0.328 e. The summed E-state index contributed by atoms with van der Waals surface area (Å²) >= 11 is 0. The summed E-state index contributed by atoms with van der Waals surface area (Å²) in [6.07, 6.45) is 9.35. The monoisotopic (exact) mass is 337 g/mol. The van der Waals surface area contributed by atoms with E-state index in [0.29, 0.717) is 29.8 Å². The molecule has 1 heterocycles. The Kier molecular flexibility index (Phi) is 3.70. The average Bonchev–Trinajstić information content (AvgIpc) is 3.53. The molecule has 0 unspecified atom stereocenters. The summed E-state index contributed by atoms with van der Waals surface area (Å²) in [4.78, 5) is 13.2. The van der Waals surface area contributed by atoms with Gasteiger partial charge in [0.2, 0.25) is 0 Å². The first kappa shape index (κ1) is 15.6. The van der Waals surface area contributed by atoms with Gasteiger partial charge in [0.05, 0.1) is 17.1 Å². The molecule has 5 rings (SSSR count). The van der Waals surface area contributed by atoms with Crippen molar-refractivity contribution in [1.29, 1.82) is 0 Å². The Morgan fingerprint density at radius 1 is 0.920 bits per heavy atom. The van der Waals surface area contributed by atoms with Crippen LogP contribution < -0.4 is 11.3 Å². The normalized spacial score (nSPS) is 27.1. The molecule has 2 N–H and O–H groups in total. The summed E-state index contributed by atoms with van der Waals surface area (Å²) < 4.78 is 1.90. The summed E-state index contributed by atoms with van der Waals surface area (Å²) in [6.45, 7) is 0. The molecule has 1 aromatic carbocycles. The molecule has 0 amide bonds. The zero-order chi connectivity index (χ0) is 17.0. The highest BCUT2D eigenvalue weighted by Crippen LogP contribution is 2.51. The number of hydrogen-bond acceptors (Lipinski definition) is 3. The molecule has 4 heteroatoms. The lowest BCUT2D eigenvalue weighted by Gasteiger charge is -2.28. The lowest BCUT2D eigenvalue weighted by atomic mass is 9.83. The van der Waals surface area contributed by atoms with Crippen LogP contribution in [0.15, 0.2) is 29.1 Å². The van der Waals surface area contributed by atoms with E-state index in [1.54, 1.807) is 0 Å². The van der Waals surface area contributed by atoms with E-state index in [0.717, 1.165) is 42.1 Å². The van der Waals surface area contributed by atoms with Gasteiger partial charge in [-0.15, -0.1) is 0 Å². The third kappa shape index (κ3) is 2.80. The van der Waals surface area contributed by atoms with Gasteiger partial charge in [-0.25, -0.2) is 4.68 Å². The Balaban J connectivity index is 1.65. The van der Waals surface area contributed by atoms with E-state index < -0.39 is 0 Å². The van der Waals surface area contributed by atoms with Gasteiger partial charge in [0.1, 0.15) is 0 Å². The molecule has 1 aromatic heterocycles. The Bertz CT molecular complexity index is 830. The number of aromatic nitrogens is 2. The van der Waals surface area contributed by atoms with Gasteiger partial charge < -0.3 is 5.73 Å². The minimum absolute atomic E-state index is 0.121. The lowest BCUT2D eigenvalue weighted by Crippen LogP contribution is -2.32. The molecule has 2 aromatic rings. The van der Waals surface area contributed by atoms with E-state index in [1.807, 2.05) is 22.9 Å². The second-order valence-electron chi connectivity index (χ2n) is 8.46. The molecule has 0 atom stereocenters. The molecule has 25 heavy (non-hydrogen) atoms. The quantitative estimate of drug-likeness (QED) is 0.924. The van der Waals surface area contributed by atoms with Gasteiger partial charge in [0, 0.05) is 17.3 Å². The molecule has 0 radical (unpaired) electrons. The SMILES string of the molecule is NC1CCC(c2nn(C(C3CC3)C3CC3)c(=O)c3ccccc23)CC1. The topological polar surface area (TPSA) is 60.9 Å². The number of nitrogens with zero attached hydrogens (tertiary/aromatic N) is 2. The van der Waals surface area contributed by atoms with Crippen LogP contribution in [0.3, 0.4) is 0 Å². The van der Waals surface area contributed by atoms with Crippen LogP contribution >= 0.6 is 0 Å². The highest BCUT2D eigenvalue weighted by atomic mass is 16.1. The third-order valence-corrected chi connectivity index (χ3v) is 6.51. The molecule has 3 saturated carbocycles. The predicted octanol–water partition coefficient (Wildman–Crippen LogP) is 3.74. The van der Waals surface area contributed by atoms with Crippen LogP contribution in [0.5, 0.6) is 0 Å². The van der Waals surface area contributed by atoms with Crippen molar-refractivity contribution in [2.45, 2.75) is 69.4 Å². The number of nitrogens with two attached hydrogens (primary N) is 1. The molecule has 0 aliphatic heterocycles. The number of benzene rings is 1. The smallest absolute Gasteiger partial charge is 0.274 e. The first-order chi connectivity index (χ1) is 12.2. The van der Waals surface area contributed by atoms with Crippen LogP contribution in [0.2, 0.25) is 0 Å². The van der Waals surface area contributed by atoms with Crippen LogP contribution in [0, 0.1) is 11.8 Å². The molecular formula is C21H27N3O. The fraction of sp³-hybridized carbons (Fsp3) is 0.619. The van der Waals surface area contributed by atoms with Gasteiger partial charge in [0.15, 0.2) is 0 Å². The van der Waals surface area contributed by atoms with Crippen molar-refractivity contribution in [3.8, 4) is 0 Å². The van der Waals surface area contributed by atoms with E-state index in [4.69, 9.17) is 10.8 Å². The highest BCUT2D eigenvalue weighted by Gasteiger charge is 2.44. The van der Waals surface area contributed by atoms with Crippen LogP contribution in [-0.2, 0) is 0 Å². The summed E-state index contributed by atoms with van der Waals surface area (Å²) in [5.74, 6) is 1.79. The predicted molar refractivity (Wildman–Crippen MR) is 99.7 cm³/mol.